The summed E-state index contributed by atoms with van der Waals surface area (Å²) in [7, 11) is 0. The van der Waals surface area contributed by atoms with E-state index in [4.69, 9.17) is 16.3 Å². The van der Waals surface area contributed by atoms with Crippen LogP contribution in [-0.4, -0.2) is 35.4 Å². The summed E-state index contributed by atoms with van der Waals surface area (Å²) in [4.78, 5) is 40.1. The Bertz CT molecular complexity index is 952. The molecule has 0 saturated carbocycles. The van der Waals surface area contributed by atoms with Crippen LogP contribution in [0.15, 0.2) is 42.6 Å². The fraction of sp³-hybridized carbons (Fsp3) is 0.300. The first-order valence-corrected chi connectivity index (χ1v) is 9.42. The Balaban J connectivity index is 1.95. The second-order valence-electron chi connectivity index (χ2n) is 6.77. The third kappa shape index (κ3) is 6.95. The average Bonchev–Trinajstić information content (AvgIpc) is 2.71. The summed E-state index contributed by atoms with van der Waals surface area (Å²) in [5.41, 5.74) is -0.724. The van der Waals surface area contributed by atoms with Crippen LogP contribution in [0.4, 0.5) is 19.0 Å². The maximum Gasteiger partial charge on any atom is 0.417 e. The molecule has 0 fully saturated rings. The molecule has 31 heavy (non-hydrogen) atoms. The van der Waals surface area contributed by atoms with E-state index in [1.54, 1.807) is 44.2 Å². The number of pyridine rings is 1. The smallest absolute Gasteiger partial charge is 0.417 e. The van der Waals surface area contributed by atoms with Crippen LogP contribution in [0.2, 0.25) is 5.02 Å². The molecule has 0 unspecified atom stereocenters. The predicted octanol–water partition coefficient (Wildman–Crippen LogP) is 3.69. The van der Waals surface area contributed by atoms with Gasteiger partial charge in [0.05, 0.1) is 10.6 Å². The summed E-state index contributed by atoms with van der Waals surface area (Å²) in [6.07, 6.45) is -4.12. The van der Waals surface area contributed by atoms with E-state index in [0.29, 0.717) is 17.8 Å². The van der Waals surface area contributed by atoms with E-state index in [-0.39, 0.29) is 11.7 Å². The van der Waals surface area contributed by atoms with E-state index in [9.17, 15) is 27.6 Å². The Morgan fingerprint density at radius 2 is 1.81 bits per heavy atom. The molecule has 7 nitrogen and oxygen atoms in total. The second kappa shape index (κ2) is 10.3. The third-order valence-corrected chi connectivity index (χ3v) is 4.30. The van der Waals surface area contributed by atoms with Crippen LogP contribution in [0.25, 0.3) is 0 Å². The van der Waals surface area contributed by atoms with Gasteiger partial charge in [-0.25, -0.2) is 9.78 Å². The minimum absolute atomic E-state index is 0.312. The molecule has 2 aromatic rings. The number of halogens is 4. The lowest BCUT2D eigenvalue weighted by molar-refractivity contribution is -0.150. The molecule has 0 saturated heterocycles. The fourth-order valence-electron chi connectivity index (χ4n) is 2.39. The fourth-order valence-corrected chi connectivity index (χ4v) is 2.60. The summed E-state index contributed by atoms with van der Waals surface area (Å²) in [6, 6.07) is 7.82. The van der Waals surface area contributed by atoms with Crippen molar-refractivity contribution < 1.29 is 32.3 Å². The topological polar surface area (TPSA) is 97.4 Å². The highest BCUT2D eigenvalue weighted by Crippen LogP contribution is 2.32. The van der Waals surface area contributed by atoms with Gasteiger partial charge in [-0.3, -0.25) is 9.59 Å². The van der Waals surface area contributed by atoms with Crippen molar-refractivity contribution in [3.05, 3.63) is 58.7 Å². The highest BCUT2D eigenvalue weighted by atomic mass is 35.5. The van der Waals surface area contributed by atoms with Crippen molar-refractivity contribution in [3.63, 3.8) is 0 Å². The molecule has 0 bridgehead atoms. The standard InChI is InChI=1S/C20H19ClF3N3O4/c1-11(2)16(27-18(29)12-6-4-3-5-7-12)19(30)31-10-15(28)26-17-14(21)8-13(9-25-17)20(22,23)24/h3-9,11,16H,10H2,1-2H3,(H,27,29)(H,25,26,28)/t16-/m1/s1. The number of alkyl halides is 3. The van der Waals surface area contributed by atoms with Crippen LogP contribution in [0, 0.1) is 5.92 Å². The Morgan fingerprint density at radius 1 is 1.16 bits per heavy atom. The molecular formula is C20H19ClF3N3O4. The van der Waals surface area contributed by atoms with Gasteiger partial charge in [-0.1, -0.05) is 43.6 Å². The lowest BCUT2D eigenvalue weighted by atomic mass is 10.0. The number of anilines is 1. The summed E-state index contributed by atoms with van der Waals surface area (Å²) < 4.78 is 42.9. The van der Waals surface area contributed by atoms with E-state index < -0.39 is 47.2 Å². The number of benzene rings is 1. The van der Waals surface area contributed by atoms with Gasteiger partial charge in [0.25, 0.3) is 11.8 Å². The van der Waals surface area contributed by atoms with Gasteiger partial charge in [-0.05, 0) is 24.1 Å². The largest absolute Gasteiger partial charge is 0.454 e. The van der Waals surface area contributed by atoms with Crippen LogP contribution in [0.5, 0.6) is 0 Å². The number of carbonyl (C=O) groups excluding carboxylic acids is 3. The Labute approximate surface area is 180 Å². The number of hydrogen-bond acceptors (Lipinski definition) is 5. The molecule has 0 aliphatic rings. The zero-order valence-corrected chi connectivity index (χ0v) is 17.3. The quantitative estimate of drug-likeness (QED) is 0.618. The molecule has 0 aliphatic carbocycles. The highest BCUT2D eigenvalue weighted by molar-refractivity contribution is 6.33. The minimum atomic E-state index is -4.63. The molecular weight excluding hydrogens is 439 g/mol. The number of carbonyl (C=O) groups is 3. The van der Waals surface area contributed by atoms with Crippen molar-refractivity contribution in [2.24, 2.45) is 5.92 Å². The zero-order valence-electron chi connectivity index (χ0n) is 16.5. The van der Waals surface area contributed by atoms with Crippen molar-refractivity contribution >= 4 is 35.2 Å². The SMILES string of the molecule is CC(C)[C@@H](NC(=O)c1ccccc1)C(=O)OCC(=O)Nc1ncc(C(F)(F)F)cc1Cl. The highest BCUT2D eigenvalue weighted by Gasteiger charge is 2.32. The number of hydrogen-bond donors (Lipinski definition) is 2. The summed E-state index contributed by atoms with van der Waals surface area (Å²) in [5.74, 6) is -2.84. The first-order chi connectivity index (χ1) is 14.5. The molecule has 166 valence electrons. The summed E-state index contributed by atoms with van der Waals surface area (Å²) >= 11 is 5.72. The summed E-state index contributed by atoms with van der Waals surface area (Å²) in [6.45, 7) is 2.62. The molecule has 11 heteroatoms. The number of aromatic nitrogens is 1. The predicted molar refractivity (Wildman–Crippen MR) is 106 cm³/mol. The van der Waals surface area contributed by atoms with Crippen LogP contribution in [0.1, 0.15) is 29.8 Å². The number of rotatable bonds is 7. The zero-order chi connectivity index (χ0) is 23.2. The Kier molecular flexibility index (Phi) is 7.98. The average molecular weight is 458 g/mol. The second-order valence-corrected chi connectivity index (χ2v) is 7.18. The Hall–Kier alpha value is -3.14. The Morgan fingerprint density at radius 3 is 2.35 bits per heavy atom. The van der Waals surface area contributed by atoms with Crippen LogP contribution in [-0.2, 0) is 20.5 Å². The van der Waals surface area contributed by atoms with Crippen LogP contribution >= 0.6 is 11.6 Å². The molecule has 2 N–H and O–H groups in total. The maximum absolute atomic E-state index is 12.6. The first kappa shape index (κ1) is 24.1. The van der Waals surface area contributed by atoms with E-state index in [0.717, 1.165) is 0 Å². The molecule has 0 radical (unpaired) electrons. The normalized spacial score (nSPS) is 12.2. The van der Waals surface area contributed by atoms with Gasteiger partial charge in [-0.2, -0.15) is 13.2 Å². The molecule has 1 atom stereocenters. The molecule has 2 amide bonds. The van der Waals surface area contributed by atoms with Crippen LogP contribution < -0.4 is 10.6 Å². The number of nitrogens with one attached hydrogen (secondary N) is 2. The molecule has 1 heterocycles. The van der Waals surface area contributed by atoms with E-state index in [1.165, 1.54) is 0 Å². The molecule has 1 aromatic heterocycles. The summed E-state index contributed by atoms with van der Waals surface area (Å²) in [5, 5.41) is 4.29. The van der Waals surface area contributed by atoms with Gasteiger partial charge in [0.2, 0.25) is 0 Å². The lowest BCUT2D eigenvalue weighted by Gasteiger charge is -2.20. The number of esters is 1. The number of amides is 2. The van der Waals surface area contributed by atoms with E-state index in [1.807, 2.05) is 0 Å². The van der Waals surface area contributed by atoms with Crippen molar-refractivity contribution in [2.75, 3.05) is 11.9 Å². The van der Waals surface area contributed by atoms with Crippen molar-refractivity contribution in [3.8, 4) is 0 Å². The van der Waals surface area contributed by atoms with E-state index >= 15 is 0 Å². The van der Waals surface area contributed by atoms with Gasteiger partial charge in [0, 0.05) is 11.8 Å². The van der Waals surface area contributed by atoms with E-state index in [2.05, 4.69) is 15.6 Å². The van der Waals surface area contributed by atoms with Gasteiger partial charge in [0.15, 0.2) is 12.4 Å². The molecule has 0 aliphatic heterocycles. The molecule has 2 rings (SSSR count). The van der Waals surface area contributed by atoms with Gasteiger partial charge < -0.3 is 15.4 Å². The lowest BCUT2D eigenvalue weighted by Crippen LogP contribution is -2.45. The van der Waals surface area contributed by atoms with Crippen molar-refractivity contribution in [1.29, 1.82) is 0 Å². The maximum atomic E-state index is 12.6. The van der Waals surface area contributed by atoms with Crippen LogP contribution in [0.3, 0.4) is 0 Å². The first-order valence-electron chi connectivity index (χ1n) is 9.04. The van der Waals surface area contributed by atoms with Gasteiger partial charge in [0.1, 0.15) is 6.04 Å². The monoisotopic (exact) mass is 457 g/mol. The molecule has 0 spiro atoms. The minimum Gasteiger partial charge on any atom is -0.454 e. The third-order valence-electron chi connectivity index (χ3n) is 4.02. The molecule has 1 aromatic carbocycles. The van der Waals surface area contributed by atoms with Crippen molar-refractivity contribution in [2.45, 2.75) is 26.1 Å². The van der Waals surface area contributed by atoms with Gasteiger partial charge >= 0.3 is 12.1 Å². The van der Waals surface area contributed by atoms with Gasteiger partial charge in [-0.15, -0.1) is 0 Å². The number of ether oxygens (including phenoxy) is 1. The number of nitrogens with zero attached hydrogens (tertiary/aromatic N) is 1. The van der Waals surface area contributed by atoms with Crippen molar-refractivity contribution in [1.82, 2.24) is 10.3 Å².